The topological polar surface area (TPSA) is 194 Å². The van der Waals surface area contributed by atoms with Crippen LogP contribution in [0.1, 0.15) is 12.8 Å². The molecule has 20 heavy (non-hydrogen) atoms. The summed E-state index contributed by atoms with van der Waals surface area (Å²) in [5, 5.41) is 53.0. The average Bonchev–Trinajstić information content (AvgIpc) is 2.12. The van der Waals surface area contributed by atoms with Gasteiger partial charge in [0, 0.05) is 0 Å². The number of hydrogen-bond acceptors (Lipinski definition) is 9. The SMILES string of the molecule is O=C(O)CC(O)(CC(=O)OCNC(O)(O)O)C(=O)O.[NaH]. The van der Waals surface area contributed by atoms with Crippen LogP contribution >= 0.6 is 0 Å². The summed E-state index contributed by atoms with van der Waals surface area (Å²) in [7, 11) is 0. The summed E-state index contributed by atoms with van der Waals surface area (Å²) < 4.78 is 4.20. The molecule has 0 saturated carbocycles. The number of carboxylic acid groups (broad SMARTS) is 2. The Kier molecular flexibility index (Phi) is 9.13. The number of carbonyl (C=O) groups is 3. The van der Waals surface area contributed by atoms with Gasteiger partial charge >= 0.3 is 53.6 Å². The number of nitrogens with one attached hydrogen (secondary N) is 1. The van der Waals surface area contributed by atoms with Crippen LogP contribution in [0, 0.1) is 0 Å². The van der Waals surface area contributed by atoms with E-state index in [-0.39, 0.29) is 29.6 Å². The molecule has 0 heterocycles. The first-order valence-corrected chi connectivity index (χ1v) is 4.71. The monoisotopic (exact) mass is 307 g/mol. The predicted molar refractivity (Wildman–Crippen MR) is 60.1 cm³/mol. The van der Waals surface area contributed by atoms with Crippen LogP contribution in [0.5, 0.6) is 0 Å². The molecule has 0 bridgehead atoms. The number of aliphatic hydroxyl groups is 4. The minimum atomic E-state index is -3.30. The summed E-state index contributed by atoms with van der Waals surface area (Å²) in [6, 6.07) is 0. The molecule has 0 amide bonds. The van der Waals surface area contributed by atoms with Crippen LogP contribution in [0.15, 0.2) is 0 Å². The summed E-state index contributed by atoms with van der Waals surface area (Å²) in [5.74, 6) is -4.90. The third kappa shape index (κ3) is 9.17. The van der Waals surface area contributed by atoms with Crippen LogP contribution in [0.4, 0.5) is 0 Å². The van der Waals surface area contributed by atoms with E-state index in [0.29, 0.717) is 0 Å². The van der Waals surface area contributed by atoms with E-state index in [2.05, 4.69) is 4.74 Å². The zero-order valence-electron chi connectivity index (χ0n) is 9.44. The molecular weight excluding hydrogens is 293 g/mol. The van der Waals surface area contributed by atoms with Crippen molar-refractivity contribution in [1.29, 1.82) is 0 Å². The van der Waals surface area contributed by atoms with E-state index in [0.717, 1.165) is 0 Å². The fourth-order valence-corrected chi connectivity index (χ4v) is 0.967. The minimum absolute atomic E-state index is 0. The molecule has 0 rings (SSSR count). The fraction of sp³-hybridized carbons (Fsp3) is 0.625. The molecule has 112 valence electrons. The molecule has 0 radical (unpaired) electrons. The van der Waals surface area contributed by atoms with E-state index < -0.39 is 49.2 Å². The van der Waals surface area contributed by atoms with Gasteiger partial charge in [0.2, 0.25) is 0 Å². The van der Waals surface area contributed by atoms with Crippen LogP contribution < -0.4 is 5.32 Å². The van der Waals surface area contributed by atoms with Gasteiger partial charge in [-0.15, -0.1) is 0 Å². The number of hydrogen-bond donors (Lipinski definition) is 7. The molecule has 0 aliphatic rings. The van der Waals surface area contributed by atoms with Gasteiger partial charge in [-0.25, -0.2) is 10.1 Å². The Morgan fingerprint density at radius 1 is 1.00 bits per heavy atom. The first kappa shape index (κ1) is 21.5. The molecule has 7 N–H and O–H groups in total. The molecule has 0 aliphatic carbocycles. The first-order valence-electron chi connectivity index (χ1n) is 4.71. The molecule has 0 fully saturated rings. The second-order valence-corrected chi connectivity index (χ2v) is 3.56. The van der Waals surface area contributed by atoms with E-state index in [1.807, 2.05) is 0 Å². The van der Waals surface area contributed by atoms with Crippen molar-refractivity contribution in [2.24, 2.45) is 0 Å². The van der Waals surface area contributed by atoms with Crippen molar-refractivity contribution in [2.45, 2.75) is 24.5 Å². The summed E-state index contributed by atoms with van der Waals surface area (Å²) in [5.41, 5.74) is -2.85. The maximum atomic E-state index is 11.1. The molecule has 0 aromatic heterocycles. The van der Waals surface area contributed by atoms with Gasteiger partial charge in [-0.1, -0.05) is 0 Å². The first-order chi connectivity index (χ1) is 8.46. The van der Waals surface area contributed by atoms with Crippen LogP contribution in [0.2, 0.25) is 0 Å². The Balaban J connectivity index is 0. The number of ether oxygens (including phenoxy) is 1. The van der Waals surface area contributed by atoms with E-state index in [1.54, 1.807) is 0 Å². The molecule has 0 saturated heterocycles. The molecule has 0 spiro atoms. The molecule has 0 aliphatic heterocycles. The summed E-state index contributed by atoms with van der Waals surface area (Å²) in [6.07, 6.45) is -5.70. The second kappa shape index (κ2) is 8.49. The third-order valence-electron chi connectivity index (χ3n) is 1.82. The van der Waals surface area contributed by atoms with Crippen molar-refractivity contribution in [1.82, 2.24) is 5.32 Å². The van der Waals surface area contributed by atoms with E-state index >= 15 is 0 Å². The summed E-state index contributed by atoms with van der Waals surface area (Å²) >= 11 is 0. The van der Waals surface area contributed by atoms with Crippen molar-refractivity contribution in [3.8, 4) is 0 Å². The third-order valence-corrected chi connectivity index (χ3v) is 1.82. The van der Waals surface area contributed by atoms with Gasteiger partial charge in [0.15, 0.2) is 5.60 Å². The number of carbonyl (C=O) groups excluding carboxylic acids is 1. The van der Waals surface area contributed by atoms with Gasteiger partial charge in [0.1, 0.15) is 6.73 Å². The fourth-order valence-electron chi connectivity index (χ4n) is 0.967. The number of rotatable bonds is 8. The van der Waals surface area contributed by atoms with Crippen molar-refractivity contribution in [3.63, 3.8) is 0 Å². The van der Waals surface area contributed by atoms with Gasteiger partial charge < -0.3 is 35.4 Å². The molecular formula is C8H14NNaO10. The summed E-state index contributed by atoms with van der Waals surface area (Å²) in [4.78, 5) is 32.1. The van der Waals surface area contributed by atoms with Gasteiger partial charge in [-0.05, 0) is 0 Å². The Morgan fingerprint density at radius 2 is 1.50 bits per heavy atom. The van der Waals surface area contributed by atoms with E-state index in [4.69, 9.17) is 25.5 Å². The van der Waals surface area contributed by atoms with Gasteiger partial charge in [-0.3, -0.25) is 9.59 Å². The Labute approximate surface area is 134 Å². The molecule has 0 aromatic carbocycles. The van der Waals surface area contributed by atoms with Crippen molar-refractivity contribution >= 4 is 47.5 Å². The van der Waals surface area contributed by atoms with Crippen LogP contribution in [0.25, 0.3) is 0 Å². The number of esters is 1. The van der Waals surface area contributed by atoms with Gasteiger partial charge in [0.25, 0.3) is 0 Å². The zero-order chi connectivity index (χ0) is 15.3. The molecule has 1 atom stereocenters. The molecule has 12 heteroatoms. The van der Waals surface area contributed by atoms with Crippen LogP contribution in [0.3, 0.4) is 0 Å². The van der Waals surface area contributed by atoms with Gasteiger partial charge in [-0.2, -0.15) is 0 Å². The summed E-state index contributed by atoms with van der Waals surface area (Å²) in [6.45, 7) is -0.912. The molecule has 0 aromatic rings. The van der Waals surface area contributed by atoms with Crippen molar-refractivity contribution in [3.05, 3.63) is 0 Å². The van der Waals surface area contributed by atoms with Crippen molar-refractivity contribution < 1.29 is 49.8 Å². The standard InChI is InChI=1S/C8H13NO10.Na.H/c10-4(11)1-7(15,6(13)14)2-5(12)19-3-9-8(16,17)18;;/h9,15-18H,1-3H2,(H,10,11)(H,13,14);;. The van der Waals surface area contributed by atoms with Crippen LogP contribution in [-0.4, -0.2) is 96.5 Å². The quantitative estimate of drug-likeness (QED) is 0.130. The predicted octanol–water partition coefficient (Wildman–Crippen LogP) is -4.30. The van der Waals surface area contributed by atoms with Gasteiger partial charge in [0.05, 0.1) is 12.8 Å². The Bertz CT molecular complexity index is 367. The van der Waals surface area contributed by atoms with E-state index in [1.165, 1.54) is 5.32 Å². The molecule has 11 nitrogen and oxygen atoms in total. The number of aliphatic carboxylic acids is 2. The Hall–Kier alpha value is -0.790. The zero-order valence-corrected chi connectivity index (χ0v) is 9.44. The number of carboxylic acids is 2. The Morgan fingerprint density at radius 3 is 1.85 bits per heavy atom. The maximum absolute atomic E-state index is 11.1. The van der Waals surface area contributed by atoms with E-state index in [9.17, 15) is 19.5 Å². The molecule has 1 unspecified atom stereocenters. The average molecular weight is 307 g/mol. The second-order valence-electron chi connectivity index (χ2n) is 3.56. The normalized spacial score (nSPS) is 13.8. The van der Waals surface area contributed by atoms with Crippen LogP contribution in [-0.2, 0) is 19.1 Å². The van der Waals surface area contributed by atoms with Crippen molar-refractivity contribution in [2.75, 3.05) is 6.73 Å².